The Morgan fingerprint density at radius 3 is 2.36 bits per heavy atom. The standard InChI is InChI=1S/C17H15BrN4O3/c18-11-6-7-14(20-10-11)21-17(25)19-8-3-9-22-15(23)12-4-1-2-5-13(12)16(22)24/h1-2,4-7,10H,3,8-9H2,(H2,19,20,21,25). The summed E-state index contributed by atoms with van der Waals surface area (Å²) in [5, 5.41) is 5.27. The normalized spacial score (nSPS) is 12.9. The van der Waals surface area contributed by atoms with Gasteiger partial charge in [-0.3, -0.25) is 19.8 Å². The van der Waals surface area contributed by atoms with E-state index in [1.54, 1.807) is 42.6 Å². The quantitative estimate of drug-likeness (QED) is 0.593. The van der Waals surface area contributed by atoms with Crippen molar-refractivity contribution in [2.24, 2.45) is 0 Å². The molecular weight excluding hydrogens is 388 g/mol. The Bertz CT molecular complexity index is 788. The molecule has 0 fully saturated rings. The van der Waals surface area contributed by atoms with Crippen LogP contribution >= 0.6 is 15.9 Å². The Balaban J connectivity index is 1.45. The van der Waals surface area contributed by atoms with Crippen molar-refractivity contribution in [2.45, 2.75) is 6.42 Å². The largest absolute Gasteiger partial charge is 0.338 e. The maximum Gasteiger partial charge on any atom is 0.320 e. The molecule has 0 atom stereocenters. The van der Waals surface area contributed by atoms with Crippen molar-refractivity contribution in [2.75, 3.05) is 18.4 Å². The Kier molecular flexibility index (Phi) is 5.08. The van der Waals surface area contributed by atoms with Crippen LogP contribution in [0, 0.1) is 0 Å². The van der Waals surface area contributed by atoms with Crippen LogP contribution in [0.5, 0.6) is 0 Å². The van der Waals surface area contributed by atoms with E-state index in [9.17, 15) is 14.4 Å². The lowest BCUT2D eigenvalue weighted by molar-refractivity contribution is 0.0653. The number of halogens is 1. The Morgan fingerprint density at radius 2 is 1.76 bits per heavy atom. The topological polar surface area (TPSA) is 91.4 Å². The molecule has 4 amide bonds. The van der Waals surface area contributed by atoms with Crippen LogP contribution < -0.4 is 10.6 Å². The average Bonchev–Trinajstić information content (AvgIpc) is 2.86. The third-order valence-corrected chi connectivity index (χ3v) is 4.16. The number of imide groups is 1. The summed E-state index contributed by atoms with van der Waals surface area (Å²) >= 11 is 3.27. The smallest absolute Gasteiger partial charge is 0.320 e. The number of carbonyl (C=O) groups is 3. The average molecular weight is 403 g/mol. The van der Waals surface area contributed by atoms with E-state index in [0.29, 0.717) is 29.9 Å². The monoisotopic (exact) mass is 402 g/mol. The van der Waals surface area contributed by atoms with Crippen molar-refractivity contribution in [3.63, 3.8) is 0 Å². The van der Waals surface area contributed by atoms with Crippen molar-refractivity contribution in [3.05, 3.63) is 58.2 Å². The number of hydrogen-bond donors (Lipinski definition) is 2. The fourth-order valence-corrected chi connectivity index (χ4v) is 2.73. The van der Waals surface area contributed by atoms with Gasteiger partial charge in [-0.2, -0.15) is 0 Å². The van der Waals surface area contributed by atoms with Crippen molar-refractivity contribution in [1.29, 1.82) is 0 Å². The van der Waals surface area contributed by atoms with Gasteiger partial charge < -0.3 is 5.32 Å². The third kappa shape index (κ3) is 3.85. The number of amides is 4. The van der Waals surface area contributed by atoms with Crippen LogP contribution in [0.2, 0.25) is 0 Å². The van der Waals surface area contributed by atoms with Gasteiger partial charge in [-0.15, -0.1) is 0 Å². The number of carbonyl (C=O) groups excluding carboxylic acids is 3. The van der Waals surface area contributed by atoms with Crippen molar-refractivity contribution in [3.8, 4) is 0 Å². The second-order valence-electron chi connectivity index (χ2n) is 5.40. The summed E-state index contributed by atoms with van der Waals surface area (Å²) in [5.41, 5.74) is 0.860. The van der Waals surface area contributed by atoms with Crippen LogP contribution in [-0.4, -0.2) is 40.8 Å². The molecule has 8 heteroatoms. The fourth-order valence-electron chi connectivity index (χ4n) is 2.49. The first-order chi connectivity index (χ1) is 12.1. The van der Waals surface area contributed by atoms with E-state index in [4.69, 9.17) is 0 Å². The van der Waals surface area contributed by atoms with Crippen LogP contribution in [-0.2, 0) is 0 Å². The molecule has 1 aromatic heterocycles. The summed E-state index contributed by atoms with van der Waals surface area (Å²) in [5.74, 6) is -0.144. The predicted octanol–water partition coefficient (Wildman–Crippen LogP) is 2.65. The highest BCUT2D eigenvalue weighted by atomic mass is 79.9. The number of rotatable bonds is 5. The minimum Gasteiger partial charge on any atom is -0.338 e. The van der Waals surface area contributed by atoms with Gasteiger partial charge in [-0.25, -0.2) is 9.78 Å². The molecule has 2 aromatic rings. The number of pyridine rings is 1. The van der Waals surface area contributed by atoms with Gasteiger partial charge in [-0.05, 0) is 46.6 Å². The van der Waals surface area contributed by atoms with E-state index < -0.39 is 6.03 Å². The van der Waals surface area contributed by atoms with Gasteiger partial charge in [0.25, 0.3) is 11.8 Å². The Labute approximate surface area is 152 Å². The summed E-state index contributed by atoms with van der Waals surface area (Å²) in [6.45, 7) is 0.582. The maximum absolute atomic E-state index is 12.2. The molecule has 0 saturated heterocycles. The molecule has 3 rings (SSSR count). The van der Waals surface area contributed by atoms with Crippen LogP contribution in [0.15, 0.2) is 47.1 Å². The van der Waals surface area contributed by atoms with E-state index >= 15 is 0 Å². The minimum absolute atomic E-state index is 0.253. The molecule has 0 bridgehead atoms. The first kappa shape index (κ1) is 17.1. The molecule has 2 heterocycles. The lowest BCUT2D eigenvalue weighted by atomic mass is 10.1. The van der Waals surface area contributed by atoms with Crippen LogP contribution in [0.1, 0.15) is 27.1 Å². The molecule has 1 aromatic carbocycles. The first-order valence-electron chi connectivity index (χ1n) is 7.68. The van der Waals surface area contributed by atoms with Crippen molar-refractivity contribution < 1.29 is 14.4 Å². The lowest BCUT2D eigenvalue weighted by Gasteiger charge is -2.14. The zero-order valence-corrected chi connectivity index (χ0v) is 14.7. The van der Waals surface area contributed by atoms with Crippen LogP contribution in [0.4, 0.5) is 10.6 Å². The fraction of sp³-hybridized carbons (Fsp3) is 0.176. The molecular formula is C17H15BrN4O3. The summed E-state index contributed by atoms with van der Waals surface area (Å²) in [4.78, 5) is 41.4. The van der Waals surface area contributed by atoms with Gasteiger partial charge in [0.15, 0.2) is 0 Å². The van der Waals surface area contributed by atoms with E-state index in [1.807, 2.05) is 0 Å². The summed E-state index contributed by atoms with van der Waals surface area (Å²) in [7, 11) is 0. The minimum atomic E-state index is -0.391. The molecule has 0 radical (unpaired) electrons. The van der Waals surface area contributed by atoms with Crippen LogP contribution in [0.3, 0.4) is 0 Å². The molecule has 2 N–H and O–H groups in total. The Morgan fingerprint density at radius 1 is 1.08 bits per heavy atom. The number of benzene rings is 1. The van der Waals surface area contributed by atoms with Gasteiger partial charge in [-0.1, -0.05) is 12.1 Å². The molecule has 1 aliphatic rings. The molecule has 7 nitrogen and oxygen atoms in total. The zero-order chi connectivity index (χ0) is 17.8. The van der Waals surface area contributed by atoms with E-state index in [1.165, 1.54) is 4.90 Å². The predicted molar refractivity (Wildman–Crippen MR) is 95.4 cm³/mol. The molecule has 0 saturated carbocycles. The van der Waals surface area contributed by atoms with Gasteiger partial charge in [0.1, 0.15) is 5.82 Å². The summed E-state index contributed by atoms with van der Waals surface area (Å²) in [6, 6.07) is 9.80. The zero-order valence-electron chi connectivity index (χ0n) is 13.2. The van der Waals surface area contributed by atoms with E-state index in [0.717, 1.165) is 4.47 Å². The second kappa shape index (κ2) is 7.43. The molecule has 25 heavy (non-hydrogen) atoms. The Hall–Kier alpha value is -2.74. The number of hydrogen-bond acceptors (Lipinski definition) is 4. The first-order valence-corrected chi connectivity index (χ1v) is 8.47. The van der Waals surface area contributed by atoms with Crippen molar-refractivity contribution >= 4 is 39.6 Å². The van der Waals surface area contributed by atoms with Gasteiger partial charge in [0.2, 0.25) is 0 Å². The van der Waals surface area contributed by atoms with Gasteiger partial charge in [0, 0.05) is 23.8 Å². The number of nitrogens with zero attached hydrogens (tertiary/aromatic N) is 2. The second-order valence-corrected chi connectivity index (χ2v) is 6.32. The highest BCUT2D eigenvalue weighted by Gasteiger charge is 2.34. The summed E-state index contributed by atoms with van der Waals surface area (Å²) in [6.07, 6.45) is 2.05. The molecule has 128 valence electrons. The molecule has 0 unspecified atom stereocenters. The number of anilines is 1. The number of urea groups is 1. The maximum atomic E-state index is 12.2. The van der Waals surface area contributed by atoms with Crippen LogP contribution in [0.25, 0.3) is 0 Å². The molecule has 1 aliphatic heterocycles. The SMILES string of the molecule is O=C(NCCCN1C(=O)c2ccccc2C1=O)Nc1ccc(Br)cn1. The van der Waals surface area contributed by atoms with Gasteiger partial charge >= 0.3 is 6.03 Å². The molecule has 0 aliphatic carbocycles. The van der Waals surface area contributed by atoms with E-state index in [-0.39, 0.29) is 18.4 Å². The lowest BCUT2D eigenvalue weighted by Crippen LogP contribution is -2.35. The van der Waals surface area contributed by atoms with Crippen molar-refractivity contribution in [1.82, 2.24) is 15.2 Å². The number of aromatic nitrogens is 1. The highest BCUT2D eigenvalue weighted by molar-refractivity contribution is 9.10. The number of fused-ring (bicyclic) bond motifs is 1. The third-order valence-electron chi connectivity index (χ3n) is 3.69. The van der Waals surface area contributed by atoms with E-state index in [2.05, 4.69) is 31.5 Å². The van der Waals surface area contributed by atoms with Gasteiger partial charge in [0.05, 0.1) is 11.1 Å². The summed E-state index contributed by atoms with van der Waals surface area (Å²) < 4.78 is 0.819. The molecule has 0 spiro atoms. The number of nitrogens with one attached hydrogen (secondary N) is 2. The highest BCUT2D eigenvalue weighted by Crippen LogP contribution is 2.22.